The number of hydrogen-bond acceptors (Lipinski definition) is 3. The van der Waals surface area contributed by atoms with Crippen molar-refractivity contribution in [2.45, 2.75) is 6.54 Å². The van der Waals surface area contributed by atoms with Crippen molar-refractivity contribution in [1.82, 2.24) is 9.88 Å². The van der Waals surface area contributed by atoms with Gasteiger partial charge in [0.05, 0.1) is 24.3 Å². The van der Waals surface area contributed by atoms with E-state index in [1.807, 2.05) is 30.3 Å². The van der Waals surface area contributed by atoms with Crippen LogP contribution in [0.2, 0.25) is 0 Å². The molecule has 2 aromatic rings. The number of pyridine rings is 1. The zero-order valence-corrected chi connectivity index (χ0v) is 12.3. The fourth-order valence-electron chi connectivity index (χ4n) is 2.15. The summed E-state index contributed by atoms with van der Waals surface area (Å²) in [4.78, 5) is 18.6. The third-order valence-electron chi connectivity index (χ3n) is 3.16. The van der Waals surface area contributed by atoms with Crippen molar-refractivity contribution in [3.63, 3.8) is 0 Å². The smallest absolute Gasteiger partial charge is 0.258 e. The predicted molar refractivity (Wildman–Crippen MR) is 78.6 cm³/mol. The number of para-hydroxylation sites is 1. The van der Waals surface area contributed by atoms with Crippen molar-refractivity contribution in [3.05, 3.63) is 58.3 Å². The van der Waals surface area contributed by atoms with E-state index in [1.54, 1.807) is 17.2 Å². The number of hydrogen-bond donors (Lipinski definition) is 0. The number of ether oxygens (including phenoxy) is 1. The second kappa shape index (κ2) is 5.63. The molecule has 2 heterocycles. The van der Waals surface area contributed by atoms with Crippen LogP contribution in [0.1, 0.15) is 16.1 Å². The molecular formula is C15H13BrN2O2. The Balaban J connectivity index is 1.84. The molecule has 1 aliphatic heterocycles. The second-order valence-corrected chi connectivity index (χ2v) is 5.45. The third kappa shape index (κ3) is 2.67. The lowest BCUT2D eigenvalue weighted by Gasteiger charge is -2.19. The topological polar surface area (TPSA) is 42.4 Å². The molecular weight excluding hydrogens is 320 g/mol. The molecule has 0 saturated heterocycles. The molecule has 0 N–H and O–H groups in total. The Labute approximate surface area is 125 Å². The van der Waals surface area contributed by atoms with Gasteiger partial charge in [0.1, 0.15) is 12.4 Å². The minimum absolute atomic E-state index is 0.0113. The molecule has 0 fully saturated rings. The van der Waals surface area contributed by atoms with Gasteiger partial charge in [0.25, 0.3) is 5.91 Å². The van der Waals surface area contributed by atoms with Gasteiger partial charge in [0.15, 0.2) is 0 Å². The minimum Gasteiger partial charge on any atom is -0.491 e. The molecule has 0 aliphatic carbocycles. The number of aromatic nitrogens is 1. The second-order valence-electron chi connectivity index (χ2n) is 4.54. The Kier molecular flexibility index (Phi) is 3.69. The monoisotopic (exact) mass is 332 g/mol. The van der Waals surface area contributed by atoms with E-state index in [9.17, 15) is 4.79 Å². The summed E-state index contributed by atoms with van der Waals surface area (Å²) in [6.45, 7) is 1.55. The first kappa shape index (κ1) is 13.1. The maximum absolute atomic E-state index is 12.5. The van der Waals surface area contributed by atoms with Gasteiger partial charge < -0.3 is 9.64 Å². The molecule has 0 unspecified atom stereocenters. The van der Waals surface area contributed by atoms with Gasteiger partial charge in [-0.15, -0.1) is 0 Å². The summed E-state index contributed by atoms with van der Waals surface area (Å²) in [7, 11) is 0. The highest BCUT2D eigenvalue weighted by Crippen LogP contribution is 2.23. The fourth-order valence-corrected chi connectivity index (χ4v) is 2.39. The molecule has 102 valence electrons. The standard InChI is InChI=1S/C15H13BrN2O2/c16-11-5-6-12(17-9-11)10-18-7-8-20-14-4-2-1-3-13(14)15(18)19/h1-6,9H,7-8,10H2. The van der Waals surface area contributed by atoms with Crippen LogP contribution in [-0.4, -0.2) is 28.9 Å². The van der Waals surface area contributed by atoms with Crippen molar-refractivity contribution in [2.24, 2.45) is 0 Å². The summed E-state index contributed by atoms with van der Waals surface area (Å²) in [5.74, 6) is 0.645. The Hall–Kier alpha value is -1.88. The molecule has 4 nitrogen and oxygen atoms in total. The average Bonchev–Trinajstić information content (AvgIpc) is 2.62. The van der Waals surface area contributed by atoms with Crippen molar-refractivity contribution in [2.75, 3.05) is 13.2 Å². The lowest BCUT2D eigenvalue weighted by molar-refractivity contribution is 0.0741. The van der Waals surface area contributed by atoms with Gasteiger partial charge in [-0.3, -0.25) is 9.78 Å². The average molecular weight is 333 g/mol. The van der Waals surface area contributed by atoms with E-state index in [-0.39, 0.29) is 5.91 Å². The van der Waals surface area contributed by atoms with Crippen molar-refractivity contribution < 1.29 is 9.53 Å². The van der Waals surface area contributed by atoms with Crippen LogP contribution in [0.3, 0.4) is 0 Å². The lowest BCUT2D eigenvalue weighted by Crippen LogP contribution is -2.32. The molecule has 20 heavy (non-hydrogen) atoms. The first-order valence-corrected chi connectivity index (χ1v) is 7.15. The van der Waals surface area contributed by atoms with Crippen molar-refractivity contribution in [1.29, 1.82) is 0 Å². The Morgan fingerprint density at radius 3 is 2.90 bits per heavy atom. The van der Waals surface area contributed by atoms with Gasteiger partial charge in [-0.2, -0.15) is 0 Å². The van der Waals surface area contributed by atoms with E-state index in [4.69, 9.17) is 4.74 Å². The van der Waals surface area contributed by atoms with Gasteiger partial charge in [-0.05, 0) is 40.2 Å². The van der Waals surface area contributed by atoms with Gasteiger partial charge in [-0.25, -0.2) is 0 Å². The number of carbonyl (C=O) groups excluding carboxylic acids is 1. The first-order chi connectivity index (χ1) is 9.74. The molecule has 1 aromatic carbocycles. The van der Waals surface area contributed by atoms with Crippen LogP contribution in [0.25, 0.3) is 0 Å². The largest absolute Gasteiger partial charge is 0.491 e. The van der Waals surface area contributed by atoms with Crippen molar-refractivity contribution >= 4 is 21.8 Å². The SMILES string of the molecule is O=C1c2ccccc2OCCN1Cc1ccc(Br)cn1. The minimum atomic E-state index is -0.0113. The lowest BCUT2D eigenvalue weighted by atomic mass is 10.1. The van der Waals surface area contributed by atoms with Crippen LogP contribution >= 0.6 is 15.9 Å². The highest BCUT2D eigenvalue weighted by atomic mass is 79.9. The van der Waals surface area contributed by atoms with Crippen LogP contribution in [0.5, 0.6) is 5.75 Å². The molecule has 0 radical (unpaired) electrons. The normalized spacial score (nSPS) is 14.4. The van der Waals surface area contributed by atoms with E-state index in [2.05, 4.69) is 20.9 Å². The number of fused-ring (bicyclic) bond motifs is 1. The number of rotatable bonds is 2. The summed E-state index contributed by atoms with van der Waals surface area (Å²) in [5.41, 5.74) is 1.48. The van der Waals surface area contributed by atoms with Crippen molar-refractivity contribution in [3.8, 4) is 5.75 Å². The van der Waals surface area contributed by atoms with E-state index >= 15 is 0 Å². The highest BCUT2D eigenvalue weighted by molar-refractivity contribution is 9.10. The molecule has 0 spiro atoms. The molecule has 3 rings (SSSR count). The number of halogens is 1. The molecule has 0 saturated carbocycles. The van der Waals surface area contributed by atoms with Gasteiger partial charge in [-0.1, -0.05) is 12.1 Å². The van der Waals surface area contributed by atoms with Gasteiger partial charge >= 0.3 is 0 Å². The maximum Gasteiger partial charge on any atom is 0.258 e. The van der Waals surface area contributed by atoms with Crippen LogP contribution < -0.4 is 4.74 Å². The van der Waals surface area contributed by atoms with Crippen LogP contribution in [0.15, 0.2) is 47.1 Å². The van der Waals surface area contributed by atoms with E-state index in [0.29, 0.717) is 31.0 Å². The molecule has 1 amide bonds. The number of amides is 1. The summed E-state index contributed by atoms with van der Waals surface area (Å²) >= 11 is 3.35. The number of nitrogens with zero attached hydrogens (tertiary/aromatic N) is 2. The Bertz CT molecular complexity index is 628. The summed E-state index contributed by atoms with van der Waals surface area (Å²) in [6.07, 6.45) is 1.74. The first-order valence-electron chi connectivity index (χ1n) is 6.35. The zero-order valence-electron chi connectivity index (χ0n) is 10.8. The summed E-state index contributed by atoms with van der Waals surface area (Å²) in [5, 5.41) is 0. The zero-order chi connectivity index (χ0) is 13.9. The number of benzene rings is 1. The van der Waals surface area contributed by atoms with E-state index in [0.717, 1.165) is 10.2 Å². The van der Waals surface area contributed by atoms with Gasteiger partial charge in [0, 0.05) is 10.7 Å². The quantitative estimate of drug-likeness (QED) is 0.849. The fraction of sp³-hybridized carbons (Fsp3) is 0.200. The molecule has 5 heteroatoms. The molecule has 0 atom stereocenters. The Morgan fingerprint density at radius 1 is 1.25 bits per heavy atom. The third-order valence-corrected chi connectivity index (χ3v) is 3.63. The van der Waals surface area contributed by atoms with Crippen LogP contribution in [-0.2, 0) is 6.54 Å². The number of carbonyl (C=O) groups is 1. The van der Waals surface area contributed by atoms with E-state index in [1.165, 1.54) is 0 Å². The Morgan fingerprint density at radius 2 is 2.10 bits per heavy atom. The molecule has 1 aliphatic rings. The van der Waals surface area contributed by atoms with Crippen LogP contribution in [0.4, 0.5) is 0 Å². The summed E-state index contributed by atoms with van der Waals surface area (Å²) < 4.78 is 6.54. The summed E-state index contributed by atoms with van der Waals surface area (Å²) in [6, 6.07) is 11.2. The predicted octanol–water partition coefficient (Wildman–Crippen LogP) is 2.88. The van der Waals surface area contributed by atoms with Gasteiger partial charge in [0.2, 0.25) is 0 Å². The maximum atomic E-state index is 12.5. The highest BCUT2D eigenvalue weighted by Gasteiger charge is 2.23. The molecule has 1 aromatic heterocycles. The van der Waals surface area contributed by atoms with E-state index < -0.39 is 0 Å². The molecule has 0 bridgehead atoms. The van der Waals surface area contributed by atoms with Crippen LogP contribution in [0, 0.1) is 0 Å².